The summed E-state index contributed by atoms with van der Waals surface area (Å²) >= 11 is 1.58. The molecule has 35 heavy (non-hydrogen) atoms. The maximum absolute atomic E-state index is 13.3. The highest BCUT2D eigenvalue weighted by Crippen LogP contribution is 2.33. The molecule has 0 bridgehead atoms. The minimum Gasteiger partial charge on any atom is -0.299 e. The number of carbonyl (C=O) groups excluding carboxylic acids is 2. The lowest BCUT2D eigenvalue weighted by atomic mass is 9.85. The molecule has 0 fully saturated rings. The van der Waals surface area contributed by atoms with Crippen LogP contribution in [0.5, 0.6) is 0 Å². The Morgan fingerprint density at radius 1 is 0.629 bits per heavy atom. The molecule has 0 saturated heterocycles. The fraction of sp³-hybridized carbons (Fsp3) is 0.733. The first-order chi connectivity index (χ1) is 17.1. The number of Topliss-reactive ketones (excluding diaryl/α,β-unsaturated/α-hetero) is 2. The summed E-state index contributed by atoms with van der Waals surface area (Å²) in [4.78, 5) is 36.5. The predicted molar refractivity (Wildman–Crippen MR) is 149 cm³/mol. The minimum atomic E-state index is -0.270. The van der Waals surface area contributed by atoms with Gasteiger partial charge in [0, 0.05) is 23.6 Å². The third-order valence-corrected chi connectivity index (χ3v) is 7.89. The van der Waals surface area contributed by atoms with E-state index in [1.807, 2.05) is 10.8 Å². The number of fused-ring (bicyclic) bond motifs is 1. The number of hydrogen-bond donors (Lipinski definition) is 0. The second kappa shape index (κ2) is 16.9. The summed E-state index contributed by atoms with van der Waals surface area (Å²) in [6.45, 7) is 8.57. The molecule has 0 aliphatic heterocycles. The van der Waals surface area contributed by atoms with Crippen LogP contribution in [0.15, 0.2) is 10.8 Å². The molecule has 2 atom stereocenters. The quantitative estimate of drug-likeness (QED) is 0.170. The highest BCUT2D eigenvalue weighted by Gasteiger charge is 2.30. The van der Waals surface area contributed by atoms with Gasteiger partial charge in [-0.3, -0.25) is 9.59 Å². The Balaban J connectivity index is 2.16. The van der Waals surface area contributed by atoms with E-state index in [-0.39, 0.29) is 23.4 Å². The van der Waals surface area contributed by atoms with E-state index >= 15 is 0 Å². The third-order valence-electron chi connectivity index (χ3n) is 7.17. The van der Waals surface area contributed by atoms with Gasteiger partial charge in [0.25, 0.3) is 0 Å². The number of carbonyl (C=O) groups is 2. The van der Waals surface area contributed by atoms with Crippen molar-refractivity contribution in [3.8, 4) is 0 Å². The first kappa shape index (κ1) is 29.6. The first-order valence-corrected chi connectivity index (χ1v) is 15.3. The molecule has 2 aromatic rings. The SMILES string of the molecule is CCCCCCCCC(=O)C(CC)c1nc2cscc2nc1C(CC)C(=O)CCCCCCCC. The molecule has 0 amide bonds. The Labute approximate surface area is 217 Å². The number of hydrogen-bond acceptors (Lipinski definition) is 5. The molecule has 0 radical (unpaired) electrons. The summed E-state index contributed by atoms with van der Waals surface area (Å²) in [6, 6.07) is 0. The molecule has 0 aliphatic rings. The largest absolute Gasteiger partial charge is 0.299 e. The van der Waals surface area contributed by atoms with Crippen molar-refractivity contribution >= 4 is 33.9 Å². The van der Waals surface area contributed by atoms with Gasteiger partial charge in [0.05, 0.1) is 34.3 Å². The van der Waals surface area contributed by atoms with Gasteiger partial charge in [-0.15, -0.1) is 11.3 Å². The predicted octanol–water partition coefficient (Wildman–Crippen LogP) is 9.32. The zero-order valence-corrected chi connectivity index (χ0v) is 23.6. The van der Waals surface area contributed by atoms with Crippen LogP contribution >= 0.6 is 11.3 Å². The lowest BCUT2D eigenvalue weighted by molar-refractivity contribution is -0.122. The van der Waals surface area contributed by atoms with E-state index in [0.29, 0.717) is 25.7 Å². The molecule has 0 spiro atoms. The fourth-order valence-corrected chi connectivity index (χ4v) is 5.67. The van der Waals surface area contributed by atoms with Gasteiger partial charge in [-0.2, -0.15) is 0 Å². The lowest BCUT2D eigenvalue weighted by Crippen LogP contribution is -2.21. The van der Waals surface area contributed by atoms with Crippen molar-refractivity contribution in [2.75, 3.05) is 0 Å². The molecule has 2 heterocycles. The van der Waals surface area contributed by atoms with Gasteiger partial charge < -0.3 is 0 Å². The molecule has 0 N–H and O–H groups in total. The van der Waals surface area contributed by atoms with Crippen molar-refractivity contribution in [1.82, 2.24) is 9.97 Å². The van der Waals surface area contributed by atoms with Crippen molar-refractivity contribution < 1.29 is 9.59 Å². The molecule has 0 saturated carbocycles. The molecule has 2 aromatic heterocycles. The first-order valence-electron chi connectivity index (χ1n) is 14.4. The van der Waals surface area contributed by atoms with Crippen LogP contribution in [0.2, 0.25) is 0 Å². The van der Waals surface area contributed by atoms with Crippen LogP contribution in [0, 0.1) is 0 Å². The molecule has 2 unspecified atom stereocenters. The highest BCUT2D eigenvalue weighted by molar-refractivity contribution is 7.09. The van der Waals surface area contributed by atoms with Gasteiger partial charge in [-0.1, -0.05) is 91.9 Å². The molecule has 5 heteroatoms. The second-order valence-electron chi connectivity index (χ2n) is 10.0. The van der Waals surface area contributed by atoms with Crippen LogP contribution in [-0.4, -0.2) is 21.5 Å². The standard InChI is InChI=1S/C30H48N2O2S/c1-5-9-11-13-15-17-19-27(33)23(7-3)29-30(32-26-22-35-21-25(26)31-29)24(8-4)28(34)20-18-16-14-12-10-6-2/h21-24H,5-20H2,1-4H3. The monoisotopic (exact) mass is 500 g/mol. The Bertz CT molecular complexity index is 822. The van der Waals surface area contributed by atoms with Crippen LogP contribution in [0.25, 0.3) is 11.0 Å². The van der Waals surface area contributed by atoms with E-state index < -0.39 is 0 Å². The summed E-state index contributed by atoms with van der Waals surface area (Å²) in [5, 5.41) is 4.00. The summed E-state index contributed by atoms with van der Waals surface area (Å²) in [5.74, 6) is -0.0284. The zero-order valence-electron chi connectivity index (χ0n) is 22.7. The van der Waals surface area contributed by atoms with Gasteiger partial charge in [0.1, 0.15) is 11.6 Å². The van der Waals surface area contributed by atoms with E-state index in [1.165, 1.54) is 51.4 Å². The summed E-state index contributed by atoms with van der Waals surface area (Å²) in [5.41, 5.74) is 3.21. The fourth-order valence-electron chi connectivity index (χ4n) is 4.99. The number of aromatic nitrogens is 2. The van der Waals surface area contributed by atoms with Crippen LogP contribution in [0.1, 0.15) is 154 Å². The van der Waals surface area contributed by atoms with Crippen molar-refractivity contribution in [3.63, 3.8) is 0 Å². The Morgan fingerprint density at radius 3 is 1.37 bits per heavy atom. The molecular formula is C30H48N2O2S. The van der Waals surface area contributed by atoms with Crippen molar-refractivity contribution in [1.29, 1.82) is 0 Å². The van der Waals surface area contributed by atoms with Crippen molar-refractivity contribution in [2.24, 2.45) is 0 Å². The van der Waals surface area contributed by atoms with Crippen LogP contribution < -0.4 is 0 Å². The minimum absolute atomic E-state index is 0.256. The van der Waals surface area contributed by atoms with E-state index in [9.17, 15) is 9.59 Å². The molecular weight excluding hydrogens is 452 g/mol. The molecule has 2 rings (SSSR count). The maximum Gasteiger partial charge on any atom is 0.141 e. The Morgan fingerprint density at radius 2 is 1.00 bits per heavy atom. The number of thiophene rings is 1. The average Bonchev–Trinajstić information content (AvgIpc) is 3.32. The van der Waals surface area contributed by atoms with Crippen LogP contribution in [0.4, 0.5) is 0 Å². The molecule has 196 valence electrons. The molecule has 0 aromatic carbocycles. The maximum atomic E-state index is 13.3. The van der Waals surface area contributed by atoms with Gasteiger partial charge in [-0.05, 0) is 25.7 Å². The summed E-state index contributed by atoms with van der Waals surface area (Å²) < 4.78 is 0. The normalized spacial score (nSPS) is 13.3. The van der Waals surface area contributed by atoms with E-state index in [0.717, 1.165) is 48.1 Å². The van der Waals surface area contributed by atoms with E-state index in [4.69, 9.17) is 9.97 Å². The summed E-state index contributed by atoms with van der Waals surface area (Å²) in [6.07, 6.45) is 16.6. The van der Waals surface area contributed by atoms with Gasteiger partial charge in [0.2, 0.25) is 0 Å². The summed E-state index contributed by atoms with van der Waals surface area (Å²) in [7, 11) is 0. The highest BCUT2D eigenvalue weighted by atomic mass is 32.1. The number of unbranched alkanes of at least 4 members (excludes halogenated alkanes) is 10. The average molecular weight is 501 g/mol. The van der Waals surface area contributed by atoms with Crippen molar-refractivity contribution in [2.45, 2.75) is 142 Å². The zero-order chi connectivity index (χ0) is 25.5. The molecule has 0 aliphatic carbocycles. The second-order valence-corrected chi connectivity index (χ2v) is 10.8. The third kappa shape index (κ3) is 9.40. The van der Waals surface area contributed by atoms with Gasteiger partial charge in [-0.25, -0.2) is 9.97 Å². The van der Waals surface area contributed by atoms with Gasteiger partial charge >= 0.3 is 0 Å². The Hall–Kier alpha value is -1.62. The van der Waals surface area contributed by atoms with Crippen molar-refractivity contribution in [3.05, 3.63) is 22.1 Å². The lowest BCUT2D eigenvalue weighted by Gasteiger charge is -2.21. The van der Waals surface area contributed by atoms with E-state index in [2.05, 4.69) is 27.7 Å². The number of ketones is 2. The van der Waals surface area contributed by atoms with Crippen LogP contribution in [-0.2, 0) is 9.59 Å². The van der Waals surface area contributed by atoms with Crippen LogP contribution in [0.3, 0.4) is 0 Å². The van der Waals surface area contributed by atoms with E-state index in [1.54, 1.807) is 11.3 Å². The number of nitrogens with zero attached hydrogens (tertiary/aromatic N) is 2. The molecule has 4 nitrogen and oxygen atoms in total. The van der Waals surface area contributed by atoms with Gasteiger partial charge in [0.15, 0.2) is 0 Å². The topological polar surface area (TPSA) is 59.9 Å². The smallest absolute Gasteiger partial charge is 0.141 e. The number of rotatable bonds is 20. The Kier molecular flexibility index (Phi) is 14.3.